The van der Waals surface area contributed by atoms with Crippen LogP contribution in [0.3, 0.4) is 0 Å². The van der Waals surface area contributed by atoms with Gasteiger partial charge in [-0.15, -0.1) is 0 Å². The van der Waals surface area contributed by atoms with Crippen LogP contribution in [0.2, 0.25) is 0 Å². The highest BCUT2D eigenvalue weighted by Crippen LogP contribution is 2.29. The fourth-order valence-corrected chi connectivity index (χ4v) is 4.07. The van der Waals surface area contributed by atoms with Crippen LogP contribution in [0.4, 0.5) is 5.69 Å². The van der Waals surface area contributed by atoms with Gasteiger partial charge >= 0.3 is 10.1 Å². The van der Waals surface area contributed by atoms with E-state index >= 15 is 0 Å². The van der Waals surface area contributed by atoms with Gasteiger partial charge in [0, 0.05) is 6.21 Å². The Bertz CT molecular complexity index is 1090. The van der Waals surface area contributed by atoms with E-state index in [1.807, 2.05) is 26.0 Å². The van der Waals surface area contributed by atoms with Gasteiger partial charge in [-0.3, -0.25) is 4.99 Å². The van der Waals surface area contributed by atoms with Crippen LogP contribution in [-0.2, 0) is 10.1 Å². The first-order chi connectivity index (χ1) is 12.8. The quantitative estimate of drug-likeness (QED) is 0.381. The second kappa shape index (κ2) is 8.06. The van der Waals surface area contributed by atoms with E-state index in [9.17, 15) is 8.42 Å². The minimum Gasteiger partial charge on any atom is -0.378 e. The molecule has 3 rings (SSSR count). The van der Waals surface area contributed by atoms with Crippen molar-refractivity contribution in [1.29, 1.82) is 0 Å². The lowest BCUT2D eigenvalue weighted by Crippen LogP contribution is -2.09. The van der Waals surface area contributed by atoms with Crippen molar-refractivity contribution in [3.8, 4) is 5.75 Å². The molecule has 0 bridgehead atoms. The van der Waals surface area contributed by atoms with Gasteiger partial charge in [-0.2, -0.15) is 8.42 Å². The summed E-state index contributed by atoms with van der Waals surface area (Å²) < 4.78 is 30.5. The van der Waals surface area contributed by atoms with Gasteiger partial charge in [0.2, 0.25) is 0 Å². The van der Waals surface area contributed by atoms with Crippen LogP contribution < -0.4 is 4.18 Å². The van der Waals surface area contributed by atoms with Gasteiger partial charge in [0.05, 0.1) is 10.2 Å². The van der Waals surface area contributed by atoms with E-state index in [1.165, 1.54) is 17.7 Å². The second-order valence-electron chi connectivity index (χ2n) is 6.09. The third kappa shape index (κ3) is 4.84. The van der Waals surface area contributed by atoms with Crippen molar-refractivity contribution in [2.24, 2.45) is 4.99 Å². The molecule has 0 unspecified atom stereocenters. The lowest BCUT2D eigenvalue weighted by Gasteiger charge is -2.09. The summed E-state index contributed by atoms with van der Waals surface area (Å²) in [5, 5.41) is 0. The zero-order valence-electron chi connectivity index (χ0n) is 14.9. The Morgan fingerprint density at radius 1 is 0.963 bits per heavy atom. The summed E-state index contributed by atoms with van der Waals surface area (Å²) in [4.78, 5) is 4.61. The molecule has 0 saturated carbocycles. The molecule has 27 heavy (non-hydrogen) atoms. The minimum atomic E-state index is -3.88. The van der Waals surface area contributed by atoms with Crippen molar-refractivity contribution in [2.75, 3.05) is 0 Å². The third-order valence-corrected chi connectivity index (χ3v) is 5.76. The monoisotopic (exact) mass is 443 g/mol. The summed E-state index contributed by atoms with van der Waals surface area (Å²) >= 11 is 3.37. The van der Waals surface area contributed by atoms with Crippen LogP contribution in [-0.4, -0.2) is 14.6 Å². The Kier molecular flexibility index (Phi) is 5.77. The molecule has 6 heteroatoms. The molecule has 0 heterocycles. The number of benzene rings is 3. The lowest BCUT2D eigenvalue weighted by atomic mass is 10.1. The molecule has 0 N–H and O–H groups in total. The van der Waals surface area contributed by atoms with E-state index < -0.39 is 10.1 Å². The topological polar surface area (TPSA) is 55.7 Å². The molecule has 138 valence electrons. The number of hydrogen-bond donors (Lipinski definition) is 0. The number of aryl methyl sites for hydroxylation is 2. The van der Waals surface area contributed by atoms with E-state index in [4.69, 9.17) is 4.18 Å². The van der Waals surface area contributed by atoms with E-state index in [0.717, 1.165) is 16.8 Å². The molecule has 0 aliphatic heterocycles. The molecule has 4 nitrogen and oxygen atoms in total. The van der Waals surface area contributed by atoms with Gasteiger partial charge in [-0.1, -0.05) is 35.9 Å². The van der Waals surface area contributed by atoms with Gasteiger partial charge in [0.15, 0.2) is 5.75 Å². The Labute approximate surface area is 167 Å². The number of hydrogen-bond acceptors (Lipinski definition) is 4. The standard InChI is InChI=1S/C21H18BrNO3S/c1-15-8-10-20(16(2)12-15)23-14-17-9-11-21(19(22)13-17)26-27(24,25)18-6-4-3-5-7-18/h3-14H,1-2H3. The van der Waals surface area contributed by atoms with Crippen molar-refractivity contribution < 1.29 is 12.6 Å². The fourth-order valence-electron chi connectivity index (χ4n) is 2.51. The average Bonchev–Trinajstić information content (AvgIpc) is 2.64. The average molecular weight is 444 g/mol. The van der Waals surface area contributed by atoms with Crippen molar-refractivity contribution in [3.63, 3.8) is 0 Å². The maximum absolute atomic E-state index is 12.3. The number of aliphatic imine (C=N–C) groups is 1. The van der Waals surface area contributed by atoms with Gasteiger partial charge in [0.25, 0.3) is 0 Å². The summed E-state index contributed by atoms with van der Waals surface area (Å²) in [5.41, 5.74) is 4.00. The first kappa shape index (κ1) is 19.3. The number of nitrogens with zero attached hydrogens (tertiary/aromatic N) is 1. The maximum atomic E-state index is 12.3. The van der Waals surface area contributed by atoms with E-state index in [0.29, 0.717) is 4.47 Å². The first-order valence-electron chi connectivity index (χ1n) is 8.25. The summed E-state index contributed by atoms with van der Waals surface area (Å²) in [7, 11) is -3.88. The molecule has 0 aliphatic carbocycles. The predicted molar refractivity (Wildman–Crippen MR) is 112 cm³/mol. The lowest BCUT2D eigenvalue weighted by molar-refractivity contribution is 0.484. The van der Waals surface area contributed by atoms with Crippen LogP contribution in [0.5, 0.6) is 5.75 Å². The zero-order valence-corrected chi connectivity index (χ0v) is 17.3. The van der Waals surface area contributed by atoms with Crippen LogP contribution in [0.25, 0.3) is 0 Å². The normalized spacial score (nSPS) is 11.7. The van der Waals surface area contributed by atoms with Gasteiger partial charge in [-0.25, -0.2) is 0 Å². The molecule has 0 radical (unpaired) electrons. The molecule has 3 aromatic rings. The van der Waals surface area contributed by atoms with Crippen molar-refractivity contribution >= 4 is 38.0 Å². The Morgan fingerprint density at radius 3 is 2.37 bits per heavy atom. The Hall–Kier alpha value is -2.44. The van der Waals surface area contributed by atoms with Gasteiger partial charge < -0.3 is 4.18 Å². The fraction of sp³-hybridized carbons (Fsp3) is 0.0952. The van der Waals surface area contributed by atoms with Crippen molar-refractivity contribution in [1.82, 2.24) is 0 Å². The number of halogens is 1. The minimum absolute atomic E-state index is 0.109. The largest absolute Gasteiger partial charge is 0.378 e. The van der Waals surface area contributed by atoms with Crippen LogP contribution in [0.1, 0.15) is 16.7 Å². The van der Waals surface area contributed by atoms with Crippen molar-refractivity contribution in [2.45, 2.75) is 18.7 Å². The summed E-state index contributed by atoms with van der Waals surface area (Å²) in [6.45, 7) is 4.06. The highest BCUT2D eigenvalue weighted by Gasteiger charge is 2.17. The highest BCUT2D eigenvalue weighted by atomic mass is 79.9. The molecule has 0 saturated heterocycles. The van der Waals surface area contributed by atoms with E-state index in [-0.39, 0.29) is 10.6 Å². The first-order valence-corrected chi connectivity index (χ1v) is 10.5. The maximum Gasteiger partial charge on any atom is 0.339 e. The van der Waals surface area contributed by atoms with Crippen LogP contribution in [0, 0.1) is 13.8 Å². The number of rotatable bonds is 5. The molecular weight excluding hydrogens is 426 g/mol. The molecule has 0 atom stereocenters. The molecule has 3 aromatic carbocycles. The highest BCUT2D eigenvalue weighted by molar-refractivity contribution is 9.10. The summed E-state index contributed by atoms with van der Waals surface area (Å²) in [5.74, 6) is 0.225. The van der Waals surface area contributed by atoms with E-state index in [2.05, 4.69) is 27.0 Å². The predicted octanol–water partition coefficient (Wildman–Crippen LogP) is 5.58. The zero-order chi connectivity index (χ0) is 19.4. The van der Waals surface area contributed by atoms with Crippen LogP contribution in [0.15, 0.2) is 81.1 Å². The second-order valence-corrected chi connectivity index (χ2v) is 8.49. The van der Waals surface area contributed by atoms with Crippen LogP contribution >= 0.6 is 15.9 Å². The Balaban J connectivity index is 1.81. The molecule has 0 aliphatic rings. The summed E-state index contributed by atoms with van der Waals surface area (Å²) in [6.07, 6.45) is 1.73. The molecular formula is C21H18BrNO3S. The summed E-state index contributed by atoms with van der Waals surface area (Å²) in [6, 6.07) is 19.2. The SMILES string of the molecule is Cc1ccc(N=Cc2ccc(OS(=O)(=O)c3ccccc3)c(Br)c2)c(C)c1. The third-order valence-electron chi connectivity index (χ3n) is 3.89. The molecule has 0 spiro atoms. The molecule has 0 amide bonds. The smallest absolute Gasteiger partial charge is 0.339 e. The molecule has 0 fully saturated rings. The van der Waals surface area contributed by atoms with E-state index in [1.54, 1.807) is 42.6 Å². The molecule has 0 aromatic heterocycles. The van der Waals surface area contributed by atoms with Gasteiger partial charge in [0.1, 0.15) is 4.90 Å². The Morgan fingerprint density at radius 2 is 1.70 bits per heavy atom. The van der Waals surface area contributed by atoms with Gasteiger partial charge in [-0.05, 0) is 77.3 Å². The van der Waals surface area contributed by atoms with Crippen molar-refractivity contribution in [3.05, 3.63) is 87.9 Å².